The summed E-state index contributed by atoms with van der Waals surface area (Å²) in [4.78, 5) is 10.7. The molecule has 2 aliphatic rings. The van der Waals surface area contributed by atoms with E-state index < -0.39 is 5.97 Å². The Balaban J connectivity index is 0.000000720. The summed E-state index contributed by atoms with van der Waals surface area (Å²) in [5.74, 6) is -0.833. The van der Waals surface area contributed by atoms with Gasteiger partial charge < -0.3 is 15.7 Å². The summed E-state index contributed by atoms with van der Waals surface area (Å²) >= 11 is 0. The topological polar surface area (TPSA) is 61.4 Å². The van der Waals surface area contributed by atoms with Gasteiger partial charge in [-0.3, -0.25) is 4.79 Å². The first-order valence-electron chi connectivity index (χ1n) is 3.89. The van der Waals surface area contributed by atoms with Gasteiger partial charge in [-0.05, 0) is 0 Å². The molecule has 1 spiro atoms. The largest absolute Gasteiger partial charge is 0.481 e. The molecule has 2 rings (SSSR count). The van der Waals surface area contributed by atoms with E-state index in [1.54, 1.807) is 0 Å². The van der Waals surface area contributed by atoms with Crippen molar-refractivity contribution in [2.75, 3.05) is 26.2 Å². The summed E-state index contributed by atoms with van der Waals surface area (Å²) in [5, 5.41) is 15.1. The van der Waals surface area contributed by atoms with Gasteiger partial charge in [0.15, 0.2) is 0 Å². The molecule has 0 aromatic rings. The lowest BCUT2D eigenvalue weighted by molar-refractivity contribution is -0.145. The quantitative estimate of drug-likeness (QED) is 0.515. The van der Waals surface area contributed by atoms with Gasteiger partial charge in [-0.1, -0.05) is 0 Å². The molecular formula is C7H13ClN2O2. The number of aliphatic carboxylic acids is 1. The van der Waals surface area contributed by atoms with Crippen molar-refractivity contribution in [2.24, 2.45) is 11.3 Å². The van der Waals surface area contributed by atoms with E-state index in [-0.39, 0.29) is 23.7 Å². The molecule has 1 unspecified atom stereocenters. The fourth-order valence-electron chi connectivity index (χ4n) is 1.97. The van der Waals surface area contributed by atoms with Crippen LogP contribution in [0.5, 0.6) is 0 Å². The average molecular weight is 193 g/mol. The van der Waals surface area contributed by atoms with Crippen molar-refractivity contribution in [3.63, 3.8) is 0 Å². The van der Waals surface area contributed by atoms with Gasteiger partial charge in [-0.2, -0.15) is 0 Å². The van der Waals surface area contributed by atoms with Crippen LogP contribution < -0.4 is 10.6 Å². The van der Waals surface area contributed by atoms with Crippen LogP contribution in [0.3, 0.4) is 0 Å². The normalized spacial score (nSPS) is 30.8. The van der Waals surface area contributed by atoms with E-state index in [9.17, 15) is 4.79 Å². The van der Waals surface area contributed by atoms with Crippen molar-refractivity contribution in [3.8, 4) is 0 Å². The molecule has 0 saturated carbocycles. The van der Waals surface area contributed by atoms with Crippen molar-refractivity contribution in [3.05, 3.63) is 0 Å². The molecule has 12 heavy (non-hydrogen) atoms. The predicted molar refractivity (Wildman–Crippen MR) is 46.5 cm³/mol. The third-order valence-electron chi connectivity index (χ3n) is 2.82. The molecule has 2 fully saturated rings. The van der Waals surface area contributed by atoms with Crippen LogP contribution >= 0.6 is 12.4 Å². The molecule has 0 aliphatic carbocycles. The predicted octanol–water partition coefficient (Wildman–Crippen LogP) is -0.698. The first-order valence-corrected chi connectivity index (χ1v) is 3.89. The third kappa shape index (κ3) is 1.20. The Morgan fingerprint density at radius 3 is 2.25 bits per heavy atom. The highest BCUT2D eigenvalue weighted by Crippen LogP contribution is 2.35. The van der Waals surface area contributed by atoms with Crippen LogP contribution in [0.25, 0.3) is 0 Å². The highest BCUT2D eigenvalue weighted by atomic mass is 35.5. The van der Waals surface area contributed by atoms with E-state index in [1.807, 2.05) is 0 Å². The zero-order valence-corrected chi connectivity index (χ0v) is 7.49. The summed E-state index contributed by atoms with van der Waals surface area (Å²) in [5.41, 5.74) is 0.0336. The minimum absolute atomic E-state index is 0. The number of hydrogen-bond acceptors (Lipinski definition) is 3. The fraction of sp³-hybridized carbons (Fsp3) is 0.857. The summed E-state index contributed by atoms with van der Waals surface area (Å²) in [7, 11) is 0. The third-order valence-corrected chi connectivity index (χ3v) is 2.82. The maximum absolute atomic E-state index is 10.7. The second-order valence-electron chi connectivity index (χ2n) is 3.49. The summed E-state index contributed by atoms with van der Waals surface area (Å²) < 4.78 is 0. The number of carbonyl (C=O) groups is 1. The maximum Gasteiger partial charge on any atom is 0.308 e. The van der Waals surface area contributed by atoms with Gasteiger partial charge >= 0.3 is 5.97 Å². The second-order valence-corrected chi connectivity index (χ2v) is 3.49. The average Bonchev–Trinajstić information content (AvgIpc) is 2.27. The van der Waals surface area contributed by atoms with Gasteiger partial charge in [0.2, 0.25) is 0 Å². The highest BCUT2D eigenvalue weighted by molar-refractivity contribution is 5.85. The zero-order valence-electron chi connectivity index (χ0n) is 6.67. The Hall–Kier alpha value is -0.320. The monoisotopic (exact) mass is 192 g/mol. The van der Waals surface area contributed by atoms with Gasteiger partial charge in [0, 0.05) is 31.6 Å². The molecule has 2 saturated heterocycles. The molecule has 5 heteroatoms. The highest BCUT2D eigenvalue weighted by Gasteiger charge is 2.50. The van der Waals surface area contributed by atoms with Gasteiger partial charge in [-0.15, -0.1) is 12.4 Å². The molecular weight excluding hydrogens is 180 g/mol. The van der Waals surface area contributed by atoms with Crippen molar-refractivity contribution in [1.29, 1.82) is 0 Å². The molecule has 1 atom stereocenters. The van der Waals surface area contributed by atoms with E-state index in [2.05, 4.69) is 10.6 Å². The summed E-state index contributed by atoms with van der Waals surface area (Å²) in [6, 6.07) is 0. The lowest BCUT2D eigenvalue weighted by atomic mass is 9.73. The van der Waals surface area contributed by atoms with Crippen LogP contribution in [0, 0.1) is 11.3 Å². The van der Waals surface area contributed by atoms with Gasteiger partial charge in [0.25, 0.3) is 0 Å². The lowest BCUT2D eigenvalue weighted by Gasteiger charge is -2.41. The zero-order chi connectivity index (χ0) is 7.90. The summed E-state index contributed by atoms with van der Waals surface area (Å²) in [6.45, 7) is 3.21. The Kier molecular flexibility index (Phi) is 2.61. The van der Waals surface area contributed by atoms with Crippen molar-refractivity contribution >= 4 is 18.4 Å². The van der Waals surface area contributed by atoms with E-state index in [1.165, 1.54) is 0 Å². The van der Waals surface area contributed by atoms with E-state index in [0.717, 1.165) is 19.6 Å². The van der Waals surface area contributed by atoms with Crippen LogP contribution in [0.1, 0.15) is 0 Å². The van der Waals surface area contributed by atoms with Gasteiger partial charge in [0.05, 0.1) is 5.92 Å². The lowest BCUT2D eigenvalue weighted by Crippen LogP contribution is -2.59. The molecule has 2 aliphatic heterocycles. The SMILES string of the molecule is Cl.O=C(O)C1CNCC12CNC2. The molecule has 3 N–H and O–H groups in total. The van der Waals surface area contributed by atoms with Crippen LogP contribution in [0.15, 0.2) is 0 Å². The molecule has 0 amide bonds. The number of hydrogen-bond donors (Lipinski definition) is 3. The molecule has 2 heterocycles. The number of halogens is 1. The second kappa shape index (κ2) is 3.20. The Labute approximate surface area is 77.1 Å². The fourth-order valence-corrected chi connectivity index (χ4v) is 1.97. The van der Waals surface area contributed by atoms with Crippen LogP contribution in [0.4, 0.5) is 0 Å². The van der Waals surface area contributed by atoms with Gasteiger partial charge in [-0.25, -0.2) is 0 Å². The Morgan fingerprint density at radius 2 is 1.92 bits per heavy atom. The molecule has 70 valence electrons. The smallest absolute Gasteiger partial charge is 0.308 e. The van der Waals surface area contributed by atoms with E-state index in [0.29, 0.717) is 6.54 Å². The van der Waals surface area contributed by atoms with Crippen LogP contribution in [-0.2, 0) is 4.79 Å². The minimum atomic E-state index is -0.656. The van der Waals surface area contributed by atoms with E-state index in [4.69, 9.17) is 5.11 Å². The Bertz CT molecular complexity index is 194. The minimum Gasteiger partial charge on any atom is -0.481 e. The van der Waals surface area contributed by atoms with Crippen LogP contribution in [-0.4, -0.2) is 37.3 Å². The van der Waals surface area contributed by atoms with Crippen LogP contribution in [0.2, 0.25) is 0 Å². The van der Waals surface area contributed by atoms with Crippen molar-refractivity contribution < 1.29 is 9.90 Å². The number of nitrogens with one attached hydrogen (secondary N) is 2. The number of carboxylic acids is 1. The number of rotatable bonds is 1. The maximum atomic E-state index is 10.7. The molecule has 0 radical (unpaired) electrons. The van der Waals surface area contributed by atoms with E-state index >= 15 is 0 Å². The summed E-state index contributed by atoms with van der Waals surface area (Å²) in [6.07, 6.45) is 0. The number of carboxylic acid groups (broad SMARTS) is 1. The molecule has 0 aromatic heterocycles. The first-order chi connectivity index (χ1) is 5.25. The standard InChI is InChI=1S/C7H12N2O2.ClH/c10-6(11)5-1-8-2-7(5)3-9-4-7;/h5,8-9H,1-4H2,(H,10,11);1H. The Morgan fingerprint density at radius 1 is 1.33 bits per heavy atom. The van der Waals surface area contributed by atoms with Crippen molar-refractivity contribution in [2.45, 2.75) is 0 Å². The molecule has 0 aromatic carbocycles. The first kappa shape index (κ1) is 9.77. The molecule has 0 bridgehead atoms. The van der Waals surface area contributed by atoms with Crippen molar-refractivity contribution in [1.82, 2.24) is 10.6 Å². The molecule has 4 nitrogen and oxygen atoms in total. The van der Waals surface area contributed by atoms with Gasteiger partial charge in [0.1, 0.15) is 0 Å².